The minimum absolute atomic E-state index is 0.542. The Kier molecular flexibility index (Phi) is 6.87. The van der Waals surface area contributed by atoms with Crippen molar-refractivity contribution in [3.63, 3.8) is 0 Å². The van der Waals surface area contributed by atoms with E-state index in [0.717, 1.165) is 12.8 Å². The van der Waals surface area contributed by atoms with Crippen molar-refractivity contribution in [2.24, 2.45) is 5.41 Å². The normalized spacial score (nSPS) is 14.5. The number of hydrogen-bond acceptors (Lipinski definition) is 0. The highest BCUT2D eigenvalue weighted by Gasteiger charge is 2.15. The van der Waals surface area contributed by atoms with Crippen LogP contribution >= 0.6 is 0 Å². The molecule has 120 valence electrons. The average Bonchev–Trinajstić information content (AvgIpc) is 2.47. The van der Waals surface area contributed by atoms with Crippen molar-refractivity contribution < 1.29 is 0 Å². The van der Waals surface area contributed by atoms with E-state index >= 15 is 0 Å². The van der Waals surface area contributed by atoms with Crippen molar-refractivity contribution in [2.45, 2.75) is 60.8 Å². The van der Waals surface area contributed by atoms with Crippen LogP contribution in [0.1, 0.15) is 64.2 Å². The highest BCUT2D eigenvalue weighted by Crippen LogP contribution is 2.33. The molecule has 0 aromatic heterocycles. The second kappa shape index (κ2) is 8.17. The first-order valence-electron chi connectivity index (χ1n) is 8.40. The van der Waals surface area contributed by atoms with Gasteiger partial charge in [0.05, 0.1) is 0 Å². The lowest BCUT2D eigenvalue weighted by atomic mass is 9.84. The summed E-state index contributed by atoms with van der Waals surface area (Å²) in [4.78, 5) is 0. The van der Waals surface area contributed by atoms with E-state index in [9.17, 15) is 0 Å². The third-order valence-electron chi connectivity index (χ3n) is 4.20. The summed E-state index contributed by atoms with van der Waals surface area (Å²) in [5.41, 5.74) is 7.46. The zero-order chi connectivity index (χ0) is 16.8. The first-order chi connectivity index (χ1) is 10.3. The lowest BCUT2D eigenvalue weighted by molar-refractivity contribution is 0.398. The van der Waals surface area contributed by atoms with E-state index in [1.165, 1.54) is 34.3 Å². The molecule has 2 rings (SSSR count). The first kappa shape index (κ1) is 18.5. The molecule has 0 spiro atoms. The largest absolute Gasteiger partial charge is 0.0988 e. The zero-order valence-electron chi connectivity index (χ0n) is 15.3. The number of allylic oxidation sites excluding steroid dienone is 5. The van der Waals surface area contributed by atoms with Crippen LogP contribution in [0.4, 0.5) is 0 Å². The molecule has 0 heteroatoms. The third kappa shape index (κ3) is 5.33. The van der Waals surface area contributed by atoms with Gasteiger partial charge in [-0.3, -0.25) is 0 Å². The maximum absolute atomic E-state index is 3.92. The molecular formula is C22H32. The second-order valence-corrected chi connectivity index (χ2v) is 7.22. The fraction of sp³-hybridized carbons (Fsp3) is 0.455. The number of rotatable bonds is 2. The summed E-state index contributed by atoms with van der Waals surface area (Å²) in [5.74, 6) is 0. The Morgan fingerprint density at radius 2 is 1.82 bits per heavy atom. The molecule has 0 aliphatic heterocycles. The molecule has 0 saturated heterocycles. The van der Waals surface area contributed by atoms with Gasteiger partial charge in [-0.2, -0.15) is 0 Å². The Morgan fingerprint density at radius 3 is 2.32 bits per heavy atom. The standard InChI is InChI=1S/C16H18.C6H14/c1-4-6-15-13(5-2)8-9-14-11-12(3)7-10-16(14)15;1-5-6(2,3)4/h4-7,10-11H,2,8-9H2,1,3H3;5H2,1-4H3/b6-4-;. The molecule has 1 aliphatic rings. The number of aryl methyl sites for hydroxylation is 2. The quantitative estimate of drug-likeness (QED) is 0.557. The highest BCUT2D eigenvalue weighted by molar-refractivity contribution is 5.81. The summed E-state index contributed by atoms with van der Waals surface area (Å²) >= 11 is 0. The molecule has 0 unspecified atom stereocenters. The van der Waals surface area contributed by atoms with Crippen molar-refractivity contribution in [1.29, 1.82) is 0 Å². The van der Waals surface area contributed by atoms with Crippen molar-refractivity contribution in [3.8, 4) is 0 Å². The molecule has 0 N–H and O–H groups in total. The molecule has 0 radical (unpaired) electrons. The molecular weight excluding hydrogens is 264 g/mol. The smallest absolute Gasteiger partial charge is 0.0149 e. The minimum atomic E-state index is 0.542. The highest BCUT2D eigenvalue weighted by atomic mass is 14.2. The fourth-order valence-electron chi connectivity index (χ4n) is 2.34. The Bertz CT molecular complexity index is 562. The Labute approximate surface area is 137 Å². The molecule has 22 heavy (non-hydrogen) atoms. The Morgan fingerprint density at radius 1 is 1.18 bits per heavy atom. The number of hydrogen-bond donors (Lipinski definition) is 0. The molecule has 0 bridgehead atoms. The molecule has 0 saturated carbocycles. The van der Waals surface area contributed by atoms with E-state index < -0.39 is 0 Å². The van der Waals surface area contributed by atoms with Crippen molar-refractivity contribution >= 4 is 5.57 Å². The monoisotopic (exact) mass is 296 g/mol. The maximum atomic E-state index is 3.92. The zero-order valence-corrected chi connectivity index (χ0v) is 15.3. The van der Waals surface area contributed by atoms with Crippen LogP contribution in [0.25, 0.3) is 5.57 Å². The van der Waals surface area contributed by atoms with E-state index in [0.29, 0.717) is 5.41 Å². The lowest BCUT2D eigenvalue weighted by Gasteiger charge is -2.20. The Balaban J connectivity index is 0.000000346. The predicted octanol–water partition coefficient (Wildman–Crippen LogP) is 6.90. The van der Waals surface area contributed by atoms with Crippen LogP contribution in [-0.2, 0) is 6.42 Å². The van der Waals surface area contributed by atoms with E-state index in [1.54, 1.807) is 0 Å². The Hall–Kier alpha value is -1.56. The van der Waals surface area contributed by atoms with Crippen LogP contribution in [0.15, 0.2) is 48.6 Å². The summed E-state index contributed by atoms with van der Waals surface area (Å²) in [6.45, 7) is 17.1. The summed E-state index contributed by atoms with van der Waals surface area (Å²) in [7, 11) is 0. The van der Waals surface area contributed by atoms with Crippen molar-refractivity contribution in [3.05, 3.63) is 65.3 Å². The molecule has 1 aromatic rings. The lowest BCUT2D eigenvalue weighted by Crippen LogP contribution is -2.03. The van der Waals surface area contributed by atoms with Gasteiger partial charge in [-0.15, -0.1) is 0 Å². The van der Waals surface area contributed by atoms with Gasteiger partial charge in [-0.1, -0.05) is 82.7 Å². The van der Waals surface area contributed by atoms with Crippen LogP contribution < -0.4 is 0 Å². The van der Waals surface area contributed by atoms with Crippen LogP contribution in [0, 0.1) is 12.3 Å². The van der Waals surface area contributed by atoms with Crippen LogP contribution in [-0.4, -0.2) is 0 Å². The van der Waals surface area contributed by atoms with Gasteiger partial charge in [0.25, 0.3) is 0 Å². The van der Waals surface area contributed by atoms with E-state index in [1.807, 2.05) is 6.08 Å². The summed E-state index contributed by atoms with van der Waals surface area (Å²) in [5, 5.41) is 0. The van der Waals surface area contributed by atoms with E-state index in [4.69, 9.17) is 0 Å². The topological polar surface area (TPSA) is 0 Å². The number of benzene rings is 1. The van der Waals surface area contributed by atoms with Crippen LogP contribution in [0.3, 0.4) is 0 Å². The molecule has 0 nitrogen and oxygen atoms in total. The minimum Gasteiger partial charge on any atom is -0.0988 e. The predicted molar refractivity (Wildman–Crippen MR) is 101 cm³/mol. The molecule has 1 aromatic carbocycles. The van der Waals surface area contributed by atoms with Gasteiger partial charge in [0.2, 0.25) is 0 Å². The van der Waals surface area contributed by atoms with E-state index in [-0.39, 0.29) is 0 Å². The molecule has 0 atom stereocenters. The van der Waals surface area contributed by atoms with Gasteiger partial charge in [-0.25, -0.2) is 0 Å². The van der Waals surface area contributed by atoms with E-state index in [2.05, 4.69) is 78.5 Å². The molecule has 0 fully saturated rings. The molecule has 0 amide bonds. The third-order valence-corrected chi connectivity index (χ3v) is 4.20. The fourth-order valence-corrected chi connectivity index (χ4v) is 2.34. The van der Waals surface area contributed by atoms with Gasteiger partial charge >= 0.3 is 0 Å². The molecule has 0 heterocycles. The average molecular weight is 296 g/mol. The van der Waals surface area contributed by atoms with Crippen LogP contribution in [0.5, 0.6) is 0 Å². The maximum Gasteiger partial charge on any atom is -0.0149 e. The van der Waals surface area contributed by atoms with Gasteiger partial charge in [0.1, 0.15) is 0 Å². The van der Waals surface area contributed by atoms with Crippen molar-refractivity contribution in [1.82, 2.24) is 0 Å². The summed E-state index contributed by atoms with van der Waals surface area (Å²) in [6.07, 6.45) is 9.82. The SMILES string of the molecule is C=CC1=C(/C=C\C)c2ccc(C)cc2CC1.CCC(C)(C)C. The van der Waals surface area contributed by atoms with Gasteiger partial charge in [-0.05, 0) is 54.4 Å². The van der Waals surface area contributed by atoms with Gasteiger partial charge in [0.15, 0.2) is 0 Å². The second-order valence-electron chi connectivity index (χ2n) is 7.22. The first-order valence-corrected chi connectivity index (χ1v) is 8.40. The van der Waals surface area contributed by atoms with Crippen LogP contribution in [0.2, 0.25) is 0 Å². The summed E-state index contributed by atoms with van der Waals surface area (Å²) in [6, 6.07) is 6.73. The van der Waals surface area contributed by atoms with Gasteiger partial charge in [0, 0.05) is 0 Å². The number of fused-ring (bicyclic) bond motifs is 1. The summed E-state index contributed by atoms with van der Waals surface area (Å²) < 4.78 is 0. The van der Waals surface area contributed by atoms with Crippen molar-refractivity contribution in [2.75, 3.05) is 0 Å². The molecule has 1 aliphatic carbocycles. The van der Waals surface area contributed by atoms with Gasteiger partial charge < -0.3 is 0 Å².